The van der Waals surface area contributed by atoms with Crippen LogP contribution in [0.5, 0.6) is 5.75 Å². The van der Waals surface area contributed by atoms with Gasteiger partial charge in [-0.2, -0.15) is 0 Å². The number of hydrogen-bond acceptors (Lipinski definition) is 4. The second-order valence-corrected chi connectivity index (χ2v) is 4.65. The predicted octanol–water partition coefficient (Wildman–Crippen LogP) is 0.666. The van der Waals surface area contributed by atoms with E-state index in [9.17, 15) is 9.59 Å². The molecule has 1 fully saturated rings. The molecule has 0 saturated carbocycles. The molecule has 102 valence electrons. The summed E-state index contributed by atoms with van der Waals surface area (Å²) in [5, 5.41) is 18.0. The van der Waals surface area contributed by atoms with Crippen LogP contribution in [0.4, 0.5) is 0 Å². The van der Waals surface area contributed by atoms with Gasteiger partial charge in [0.15, 0.2) is 5.41 Å². The summed E-state index contributed by atoms with van der Waals surface area (Å²) in [4.78, 5) is 23.8. The van der Waals surface area contributed by atoms with Gasteiger partial charge >= 0.3 is 11.9 Å². The van der Waals surface area contributed by atoms with Crippen LogP contribution in [0, 0.1) is 5.41 Å². The van der Waals surface area contributed by atoms with E-state index in [-0.39, 0.29) is 13.1 Å². The fraction of sp³-hybridized carbons (Fsp3) is 0.385. The number of hydrogen-bond donors (Lipinski definition) is 2. The van der Waals surface area contributed by atoms with E-state index in [1.165, 1.54) is 0 Å². The normalized spacial score (nSPS) is 17.5. The third-order valence-electron chi connectivity index (χ3n) is 3.39. The Morgan fingerprint density at radius 2 is 1.84 bits per heavy atom. The number of methoxy groups -OCH3 is 1. The SMILES string of the molecule is COc1ccccc1CN1CC(C(=O)O)(C(=O)O)C1. The predicted molar refractivity (Wildman–Crippen MR) is 66.0 cm³/mol. The van der Waals surface area contributed by atoms with Crippen molar-refractivity contribution in [1.82, 2.24) is 4.90 Å². The molecule has 0 radical (unpaired) electrons. The van der Waals surface area contributed by atoms with Crippen LogP contribution in [0.3, 0.4) is 0 Å². The van der Waals surface area contributed by atoms with Crippen molar-refractivity contribution in [3.63, 3.8) is 0 Å². The molecule has 0 aromatic heterocycles. The Kier molecular flexibility index (Phi) is 3.44. The highest BCUT2D eigenvalue weighted by Crippen LogP contribution is 2.33. The number of nitrogens with zero attached hydrogens (tertiary/aromatic N) is 1. The molecular formula is C13H15NO5. The molecule has 2 rings (SSSR count). The van der Waals surface area contributed by atoms with Crippen molar-refractivity contribution in [3.8, 4) is 5.75 Å². The largest absolute Gasteiger partial charge is 0.496 e. The van der Waals surface area contributed by atoms with E-state index in [2.05, 4.69) is 0 Å². The van der Waals surface area contributed by atoms with Gasteiger partial charge in [0, 0.05) is 25.2 Å². The summed E-state index contributed by atoms with van der Waals surface area (Å²) in [6, 6.07) is 7.40. The molecule has 1 heterocycles. The van der Waals surface area contributed by atoms with Gasteiger partial charge in [-0.25, -0.2) is 0 Å². The zero-order chi connectivity index (χ0) is 14.0. The zero-order valence-electron chi connectivity index (χ0n) is 10.5. The molecule has 1 aliphatic heterocycles. The van der Waals surface area contributed by atoms with Gasteiger partial charge in [0.2, 0.25) is 0 Å². The minimum atomic E-state index is -1.66. The Hall–Kier alpha value is -2.08. The summed E-state index contributed by atoms with van der Waals surface area (Å²) in [6.07, 6.45) is 0. The number of aliphatic carboxylic acids is 2. The molecule has 0 amide bonds. The maximum absolute atomic E-state index is 11.0. The summed E-state index contributed by atoms with van der Waals surface area (Å²) < 4.78 is 5.20. The van der Waals surface area contributed by atoms with Crippen LogP contribution in [0.15, 0.2) is 24.3 Å². The van der Waals surface area contributed by atoms with Crippen molar-refractivity contribution in [1.29, 1.82) is 0 Å². The Bertz CT molecular complexity index is 492. The molecule has 1 saturated heterocycles. The summed E-state index contributed by atoms with van der Waals surface area (Å²) in [7, 11) is 1.56. The lowest BCUT2D eigenvalue weighted by Gasteiger charge is -2.44. The molecule has 1 aromatic carbocycles. The maximum Gasteiger partial charge on any atom is 0.323 e. The molecule has 6 nitrogen and oxygen atoms in total. The minimum Gasteiger partial charge on any atom is -0.496 e. The number of rotatable bonds is 5. The molecule has 0 aliphatic carbocycles. The summed E-state index contributed by atoms with van der Waals surface area (Å²) in [5.41, 5.74) is -0.753. The van der Waals surface area contributed by atoms with E-state index in [0.717, 1.165) is 5.56 Å². The number of ether oxygens (including phenoxy) is 1. The minimum absolute atomic E-state index is 0.00964. The average Bonchev–Trinajstić information content (AvgIpc) is 2.32. The van der Waals surface area contributed by atoms with E-state index in [1.807, 2.05) is 24.3 Å². The van der Waals surface area contributed by atoms with E-state index in [1.54, 1.807) is 12.0 Å². The summed E-state index contributed by atoms with van der Waals surface area (Å²) in [5.74, 6) is -1.85. The number of carboxylic acid groups (broad SMARTS) is 2. The van der Waals surface area contributed by atoms with Crippen molar-refractivity contribution in [3.05, 3.63) is 29.8 Å². The third kappa shape index (κ3) is 2.26. The smallest absolute Gasteiger partial charge is 0.323 e. The van der Waals surface area contributed by atoms with Crippen LogP contribution in [-0.4, -0.2) is 47.3 Å². The second kappa shape index (κ2) is 4.89. The van der Waals surface area contributed by atoms with Crippen molar-refractivity contribution < 1.29 is 24.5 Å². The molecule has 0 bridgehead atoms. The van der Waals surface area contributed by atoms with E-state index in [4.69, 9.17) is 14.9 Å². The van der Waals surface area contributed by atoms with Gasteiger partial charge in [-0.3, -0.25) is 14.5 Å². The fourth-order valence-electron chi connectivity index (χ4n) is 2.27. The highest BCUT2D eigenvalue weighted by Gasteiger charge is 2.56. The lowest BCUT2D eigenvalue weighted by molar-refractivity contribution is -0.178. The Morgan fingerprint density at radius 3 is 2.37 bits per heavy atom. The quantitative estimate of drug-likeness (QED) is 0.761. The van der Waals surface area contributed by atoms with Crippen molar-refractivity contribution >= 4 is 11.9 Å². The Morgan fingerprint density at radius 1 is 1.26 bits per heavy atom. The first-order chi connectivity index (χ1) is 8.99. The lowest BCUT2D eigenvalue weighted by atomic mass is 9.79. The first kappa shape index (κ1) is 13.4. The number of benzene rings is 1. The number of likely N-dealkylation sites (tertiary alicyclic amines) is 1. The highest BCUT2D eigenvalue weighted by atomic mass is 16.5. The van der Waals surface area contributed by atoms with Gasteiger partial charge in [0.1, 0.15) is 5.75 Å². The van der Waals surface area contributed by atoms with E-state index < -0.39 is 17.4 Å². The van der Waals surface area contributed by atoms with E-state index >= 15 is 0 Å². The monoisotopic (exact) mass is 265 g/mol. The fourth-order valence-corrected chi connectivity index (χ4v) is 2.27. The topological polar surface area (TPSA) is 87.1 Å². The van der Waals surface area contributed by atoms with Crippen LogP contribution in [-0.2, 0) is 16.1 Å². The molecule has 19 heavy (non-hydrogen) atoms. The van der Waals surface area contributed by atoms with Gasteiger partial charge in [0.05, 0.1) is 7.11 Å². The first-order valence-electron chi connectivity index (χ1n) is 5.80. The van der Waals surface area contributed by atoms with Gasteiger partial charge < -0.3 is 14.9 Å². The molecule has 0 spiro atoms. The Balaban J connectivity index is 2.05. The molecule has 0 unspecified atom stereocenters. The standard InChI is InChI=1S/C13H15NO5/c1-19-10-5-3-2-4-9(10)6-14-7-13(8-14,11(15)16)12(17)18/h2-5H,6-8H2,1H3,(H,15,16)(H,17,18). The second-order valence-electron chi connectivity index (χ2n) is 4.65. The zero-order valence-corrected chi connectivity index (χ0v) is 10.5. The van der Waals surface area contributed by atoms with Crippen LogP contribution in [0.1, 0.15) is 5.56 Å². The van der Waals surface area contributed by atoms with Crippen LogP contribution in [0.2, 0.25) is 0 Å². The number of carboxylic acids is 2. The van der Waals surface area contributed by atoms with Gasteiger partial charge in [-0.05, 0) is 6.07 Å². The first-order valence-corrected chi connectivity index (χ1v) is 5.80. The van der Waals surface area contributed by atoms with E-state index in [0.29, 0.717) is 12.3 Å². The molecule has 6 heteroatoms. The molecule has 1 aromatic rings. The molecule has 0 atom stereocenters. The molecular weight excluding hydrogens is 250 g/mol. The van der Waals surface area contributed by atoms with Crippen LogP contribution < -0.4 is 4.74 Å². The van der Waals surface area contributed by atoms with Crippen molar-refractivity contribution in [2.75, 3.05) is 20.2 Å². The average molecular weight is 265 g/mol. The highest BCUT2D eigenvalue weighted by molar-refractivity contribution is 6.00. The molecule has 2 N–H and O–H groups in total. The van der Waals surface area contributed by atoms with Crippen LogP contribution in [0.25, 0.3) is 0 Å². The maximum atomic E-state index is 11.0. The lowest BCUT2D eigenvalue weighted by Crippen LogP contribution is -2.63. The van der Waals surface area contributed by atoms with Crippen molar-refractivity contribution in [2.24, 2.45) is 5.41 Å². The summed E-state index contributed by atoms with van der Waals surface area (Å²) in [6.45, 7) is 0.498. The number of para-hydroxylation sites is 1. The summed E-state index contributed by atoms with van der Waals surface area (Å²) >= 11 is 0. The number of carbonyl (C=O) groups is 2. The van der Waals surface area contributed by atoms with Gasteiger partial charge in [-0.15, -0.1) is 0 Å². The molecule has 1 aliphatic rings. The van der Waals surface area contributed by atoms with Gasteiger partial charge in [0.25, 0.3) is 0 Å². The Labute approximate surface area is 110 Å². The van der Waals surface area contributed by atoms with Crippen LogP contribution >= 0.6 is 0 Å². The van der Waals surface area contributed by atoms with Crippen molar-refractivity contribution in [2.45, 2.75) is 6.54 Å². The third-order valence-corrected chi connectivity index (χ3v) is 3.39. The van der Waals surface area contributed by atoms with Gasteiger partial charge in [-0.1, -0.05) is 18.2 Å².